The number of aromatic nitrogens is 2. The fourth-order valence-corrected chi connectivity index (χ4v) is 4.58. The highest BCUT2D eigenvalue weighted by Gasteiger charge is 2.38. The molecular weight excluding hydrogens is 391 g/mol. The molecule has 2 aliphatic rings. The summed E-state index contributed by atoms with van der Waals surface area (Å²) in [4.78, 5) is 15.8. The van der Waals surface area contributed by atoms with Crippen molar-refractivity contribution in [3.8, 4) is 0 Å². The van der Waals surface area contributed by atoms with Crippen LogP contribution in [0.1, 0.15) is 29.8 Å². The first-order chi connectivity index (χ1) is 12.2. The molecular formula is C18H20Cl2N4OS. The van der Waals surface area contributed by atoms with Crippen LogP contribution in [-0.4, -0.2) is 46.2 Å². The van der Waals surface area contributed by atoms with Gasteiger partial charge in [0, 0.05) is 23.5 Å². The zero-order chi connectivity index (χ0) is 17.2. The van der Waals surface area contributed by atoms with Gasteiger partial charge in [0.05, 0.1) is 5.02 Å². The summed E-state index contributed by atoms with van der Waals surface area (Å²) in [6.45, 7) is 1.85. The molecule has 0 radical (unpaired) electrons. The highest BCUT2D eigenvalue weighted by Crippen LogP contribution is 2.32. The fraction of sp³-hybridized carbons (Fsp3) is 0.389. The molecule has 1 aromatic heterocycles. The molecule has 2 atom stereocenters. The van der Waals surface area contributed by atoms with E-state index in [4.69, 9.17) is 11.6 Å². The Morgan fingerprint density at radius 2 is 1.92 bits per heavy atom. The Morgan fingerprint density at radius 1 is 1.12 bits per heavy atom. The number of hydrogen-bond donors (Lipinski definition) is 1. The van der Waals surface area contributed by atoms with E-state index in [2.05, 4.69) is 15.5 Å². The molecule has 8 heteroatoms. The van der Waals surface area contributed by atoms with Crippen LogP contribution in [-0.2, 0) is 0 Å². The van der Waals surface area contributed by atoms with Crippen LogP contribution in [0.5, 0.6) is 0 Å². The van der Waals surface area contributed by atoms with E-state index in [9.17, 15) is 4.79 Å². The predicted octanol–water partition coefficient (Wildman–Crippen LogP) is 3.67. The minimum absolute atomic E-state index is 0. The lowest BCUT2D eigenvalue weighted by atomic mass is 10.1. The van der Waals surface area contributed by atoms with Crippen LogP contribution in [0, 0.1) is 0 Å². The Bertz CT molecular complexity index is 760. The Balaban J connectivity index is 0.00000196. The smallest absolute Gasteiger partial charge is 0.274 e. The number of benzene rings is 1. The number of amides is 1. The largest absolute Gasteiger partial charge is 0.330 e. The molecule has 2 saturated heterocycles. The van der Waals surface area contributed by atoms with E-state index < -0.39 is 0 Å². The van der Waals surface area contributed by atoms with Crippen LogP contribution in [0.4, 0.5) is 0 Å². The SMILES string of the molecule is Cl.O=C(c1ccc(Sc2ccccc2Cl)nn1)N1C2CCNCC1CC2. The van der Waals surface area contributed by atoms with Crippen molar-refractivity contribution in [3.63, 3.8) is 0 Å². The molecule has 2 unspecified atom stereocenters. The van der Waals surface area contributed by atoms with Crippen molar-refractivity contribution in [1.29, 1.82) is 0 Å². The van der Waals surface area contributed by atoms with Gasteiger partial charge >= 0.3 is 0 Å². The first kappa shape index (κ1) is 19.4. The molecule has 0 aliphatic carbocycles. The van der Waals surface area contributed by atoms with Gasteiger partial charge in [0.1, 0.15) is 5.03 Å². The van der Waals surface area contributed by atoms with Crippen molar-refractivity contribution in [3.05, 3.63) is 47.1 Å². The Morgan fingerprint density at radius 3 is 2.69 bits per heavy atom. The monoisotopic (exact) mass is 410 g/mol. The normalized spacial score (nSPS) is 21.8. The summed E-state index contributed by atoms with van der Waals surface area (Å²) < 4.78 is 0. The number of halogens is 2. The number of fused-ring (bicyclic) bond motifs is 2. The molecule has 26 heavy (non-hydrogen) atoms. The zero-order valence-corrected chi connectivity index (χ0v) is 16.5. The van der Waals surface area contributed by atoms with Gasteiger partial charge in [0.15, 0.2) is 5.69 Å². The van der Waals surface area contributed by atoms with Gasteiger partial charge in [-0.3, -0.25) is 4.79 Å². The maximum absolute atomic E-state index is 12.9. The number of rotatable bonds is 3. The predicted molar refractivity (Wildman–Crippen MR) is 105 cm³/mol. The zero-order valence-electron chi connectivity index (χ0n) is 14.1. The number of carbonyl (C=O) groups is 1. The standard InChI is InChI=1S/C18H19ClN4OS.ClH/c19-14-3-1-2-4-16(14)25-17-8-7-15(21-22-17)18(24)23-12-5-6-13(23)11-20-10-9-12;/h1-4,7-8,12-13,20H,5-6,9-11H2;1H. The van der Waals surface area contributed by atoms with Crippen molar-refractivity contribution in [2.45, 2.75) is 41.3 Å². The van der Waals surface area contributed by atoms with E-state index >= 15 is 0 Å². The van der Waals surface area contributed by atoms with Gasteiger partial charge < -0.3 is 10.2 Å². The minimum Gasteiger partial charge on any atom is -0.330 e. The number of nitrogens with zero attached hydrogens (tertiary/aromatic N) is 3. The third kappa shape index (κ3) is 3.98. The topological polar surface area (TPSA) is 58.1 Å². The van der Waals surface area contributed by atoms with Crippen molar-refractivity contribution >= 4 is 41.7 Å². The molecule has 2 aromatic rings. The summed E-state index contributed by atoms with van der Waals surface area (Å²) >= 11 is 7.62. The maximum Gasteiger partial charge on any atom is 0.274 e. The van der Waals surface area contributed by atoms with Crippen molar-refractivity contribution in [1.82, 2.24) is 20.4 Å². The molecule has 138 valence electrons. The quantitative estimate of drug-likeness (QED) is 0.835. The van der Waals surface area contributed by atoms with E-state index in [0.717, 1.165) is 42.3 Å². The van der Waals surface area contributed by atoms with E-state index in [1.165, 1.54) is 11.8 Å². The summed E-state index contributed by atoms with van der Waals surface area (Å²) in [5.74, 6) is -0.00186. The van der Waals surface area contributed by atoms with Crippen LogP contribution >= 0.6 is 35.8 Å². The molecule has 1 N–H and O–H groups in total. The van der Waals surface area contributed by atoms with Crippen LogP contribution in [0.3, 0.4) is 0 Å². The van der Waals surface area contributed by atoms with Crippen molar-refractivity contribution < 1.29 is 4.79 Å². The van der Waals surface area contributed by atoms with Crippen molar-refractivity contribution in [2.24, 2.45) is 0 Å². The Hall–Kier alpha value is -1.34. The van der Waals surface area contributed by atoms with Gasteiger partial charge in [0.25, 0.3) is 5.91 Å². The molecule has 5 nitrogen and oxygen atoms in total. The van der Waals surface area contributed by atoms with Gasteiger partial charge in [-0.05, 0) is 50.1 Å². The van der Waals surface area contributed by atoms with E-state index in [1.807, 2.05) is 35.2 Å². The van der Waals surface area contributed by atoms with Gasteiger partial charge in [0.2, 0.25) is 0 Å². The van der Waals surface area contributed by atoms with Crippen molar-refractivity contribution in [2.75, 3.05) is 13.1 Å². The highest BCUT2D eigenvalue weighted by atomic mass is 35.5. The first-order valence-electron chi connectivity index (χ1n) is 8.52. The second-order valence-electron chi connectivity index (χ2n) is 6.38. The lowest BCUT2D eigenvalue weighted by Gasteiger charge is -2.27. The number of nitrogens with one attached hydrogen (secondary N) is 1. The third-order valence-electron chi connectivity index (χ3n) is 4.80. The van der Waals surface area contributed by atoms with Gasteiger partial charge in [-0.2, -0.15) is 0 Å². The molecule has 4 rings (SSSR count). The summed E-state index contributed by atoms with van der Waals surface area (Å²) in [5, 5.41) is 13.2. The number of hydrogen-bond acceptors (Lipinski definition) is 5. The molecule has 1 amide bonds. The Labute approximate surface area is 168 Å². The second-order valence-corrected chi connectivity index (χ2v) is 7.85. The average molecular weight is 411 g/mol. The van der Waals surface area contributed by atoms with Crippen LogP contribution in [0.15, 0.2) is 46.3 Å². The summed E-state index contributed by atoms with van der Waals surface area (Å²) in [6, 6.07) is 11.8. The summed E-state index contributed by atoms with van der Waals surface area (Å²) in [6.07, 6.45) is 3.17. The summed E-state index contributed by atoms with van der Waals surface area (Å²) in [7, 11) is 0. The van der Waals surface area contributed by atoms with Gasteiger partial charge in [-0.25, -0.2) is 0 Å². The van der Waals surface area contributed by atoms with Crippen LogP contribution < -0.4 is 5.32 Å². The van der Waals surface area contributed by atoms with Gasteiger partial charge in [-0.15, -0.1) is 22.6 Å². The highest BCUT2D eigenvalue weighted by molar-refractivity contribution is 7.99. The third-order valence-corrected chi connectivity index (χ3v) is 6.24. The summed E-state index contributed by atoms with van der Waals surface area (Å²) in [5.41, 5.74) is 0.419. The molecule has 3 heterocycles. The van der Waals surface area contributed by atoms with Crippen LogP contribution in [0.2, 0.25) is 5.02 Å². The second kappa shape index (κ2) is 8.57. The van der Waals surface area contributed by atoms with Gasteiger partial charge in [-0.1, -0.05) is 35.5 Å². The molecule has 0 spiro atoms. The number of carbonyl (C=O) groups excluding carboxylic acids is 1. The molecule has 1 aromatic carbocycles. The fourth-order valence-electron chi connectivity index (χ4n) is 3.57. The first-order valence-corrected chi connectivity index (χ1v) is 9.71. The minimum atomic E-state index is -0.00186. The van der Waals surface area contributed by atoms with E-state index in [0.29, 0.717) is 16.8 Å². The lowest BCUT2D eigenvalue weighted by molar-refractivity contribution is 0.0672. The molecule has 2 fully saturated rings. The average Bonchev–Trinajstić information content (AvgIpc) is 2.90. The van der Waals surface area contributed by atoms with Crippen LogP contribution in [0.25, 0.3) is 0 Å². The molecule has 0 saturated carbocycles. The molecule has 2 bridgehead atoms. The Kier molecular flexibility index (Phi) is 6.40. The molecule has 2 aliphatic heterocycles. The van der Waals surface area contributed by atoms with E-state index in [-0.39, 0.29) is 24.4 Å². The lowest BCUT2D eigenvalue weighted by Crippen LogP contribution is -2.42. The maximum atomic E-state index is 12.9. The van der Waals surface area contributed by atoms with E-state index in [1.54, 1.807) is 6.07 Å².